The number of aliphatic hydroxyl groups excluding tert-OH is 1. The van der Waals surface area contributed by atoms with E-state index in [1.807, 2.05) is 27.7 Å². The highest BCUT2D eigenvalue weighted by molar-refractivity contribution is 4.97. The molecule has 0 aliphatic carbocycles. The van der Waals surface area contributed by atoms with Crippen molar-refractivity contribution in [2.75, 3.05) is 6.61 Å². The van der Waals surface area contributed by atoms with Crippen molar-refractivity contribution in [3.63, 3.8) is 0 Å². The minimum absolute atomic E-state index is 0.154. The van der Waals surface area contributed by atoms with E-state index in [2.05, 4.69) is 0 Å². The van der Waals surface area contributed by atoms with Gasteiger partial charge in [-0.15, -0.1) is 0 Å². The van der Waals surface area contributed by atoms with Crippen LogP contribution in [0.15, 0.2) is 0 Å². The fraction of sp³-hybridized carbons (Fsp3) is 1.00. The zero-order valence-corrected chi connectivity index (χ0v) is 11.1. The molecule has 0 radical (unpaired) electrons. The first-order valence-electron chi connectivity index (χ1n) is 6.28. The van der Waals surface area contributed by atoms with Gasteiger partial charge in [0.2, 0.25) is 0 Å². The highest BCUT2D eigenvalue weighted by atomic mass is 16.8. The van der Waals surface area contributed by atoms with Crippen molar-refractivity contribution >= 4 is 0 Å². The molecular weight excluding hydrogens is 240 g/mol. The van der Waals surface area contributed by atoms with Gasteiger partial charge in [0.15, 0.2) is 17.9 Å². The largest absolute Gasteiger partial charge is 0.388 e. The minimum atomic E-state index is -0.738. The van der Waals surface area contributed by atoms with Crippen LogP contribution in [-0.2, 0) is 23.7 Å². The summed E-state index contributed by atoms with van der Waals surface area (Å²) in [5, 5.41) is 10.0. The Morgan fingerprint density at radius 2 is 1.39 bits per heavy atom. The number of hydrogen-bond acceptors (Lipinski definition) is 6. The lowest BCUT2D eigenvalue weighted by atomic mass is 10.0. The summed E-state index contributed by atoms with van der Waals surface area (Å²) in [6.07, 6.45) is -2.49. The van der Waals surface area contributed by atoms with Crippen molar-refractivity contribution in [2.45, 2.75) is 70.0 Å². The van der Waals surface area contributed by atoms with Gasteiger partial charge >= 0.3 is 0 Å². The van der Waals surface area contributed by atoms with E-state index in [4.69, 9.17) is 23.7 Å². The van der Waals surface area contributed by atoms with Crippen LogP contribution >= 0.6 is 0 Å². The van der Waals surface area contributed by atoms with E-state index in [0.717, 1.165) is 0 Å². The Morgan fingerprint density at radius 3 is 2.11 bits per heavy atom. The van der Waals surface area contributed by atoms with Crippen molar-refractivity contribution in [3.8, 4) is 0 Å². The van der Waals surface area contributed by atoms with Crippen LogP contribution in [0.1, 0.15) is 27.7 Å². The molecule has 0 unspecified atom stereocenters. The molecule has 0 aromatic rings. The first-order valence-corrected chi connectivity index (χ1v) is 6.28. The average molecular weight is 260 g/mol. The van der Waals surface area contributed by atoms with Crippen LogP contribution in [0.4, 0.5) is 0 Å². The molecule has 3 aliphatic heterocycles. The Kier molecular flexibility index (Phi) is 2.75. The van der Waals surface area contributed by atoms with E-state index in [0.29, 0.717) is 0 Å². The quantitative estimate of drug-likeness (QED) is 0.679. The van der Waals surface area contributed by atoms with E-state index >= 15 is 0 Å². The van der Waals surface area contributed by atoms with Crippen LogP contribution in [0.5, 0.6) is 0 Å². The lowest BCUT2D eigenvalue weighted by Crippen LogP contribution is -2.43. The van der Waals surface area contributed by atoms with E-state index in [-0.39, 0.29) is 18.8 Å². The molecule has 104 valence electrons. The maximum Gasteiger partial charge on any atom is 0.189 e. The Bertz CT molecular complexity index is 341. The molecule has 18 heavy (non-hydrogen) atoms. The van der Waals surface area contributed by atoms with Gasteiger partial charge in [0, 0.05) is 0 Å². The summed E-state index contributed by atoms with van der Waals surface area (Å²) < 4.78 is 28.6. The second kappa shape index (κ2) is 3.88. The number of aliphatic hydroxyl groups is 1. The predicted molar refractivity (Wildman–Crippen MR) is 59.6 cm³/mol. The van der Waals surface area contributed by atoms with Crippen molar-refractivity contribution < 1.29 is 28.8 Å². The van der Waals surface area contributed by atoms with Gasteiger partial charge in [0.1, 0.15) is 24.4 Å². The summed E-state index contributed by atoms with van der Waals surface area (Å²) >= 11 is 0. The van der Waals surface area contributed by atoms with Crippen molar-refractivity contribution in [1.82, 2.24) is 0 Å². The number of ether oxygens (including phenoxy) is 5. The van der Waals surface area contributed by atoms with Crippen molar-refractivity contribution in [1.29, 1.82) is 0 Å². The summed E-state index contributed by atoms with van der Waals surface area (Å²) in [7, 11) is 0. The van der Waals surface area contributed by atoms with Gasteiger partial charge in [0.05, 0.1) is 6.61 Å². The van der Waals surface area contributed by atoms with Crippen LogP contribution in [0.25, 0.3) is 0 Å². The third-order valence-corrected chi connectivity index (χ3v) is 3.39. The highest BCUT2D eigenvalue weighted by Gasteiger charge is 2.57. The van der Waals surface area contributed by atoms with Gasteiger partial charge in [-0.2, -0.15) is 0 Å². The number of fused-ring (bicyclic) bond motifs is 3. The molecule has 0 saturated carbocycles. The van der Waals surface area contributed by atoms with Gasteiger partial charge in [0.25, 0.3) is 0 Å². The topological polar surface area (TPSA) is 66.4 Å². The summed E-state index contributed by atoms with van der Waals surface area (Å²) in [6.45, 7) is 7.46. The fourth-order valence-electron chi connectivity index (χ4n) is 2.77. The third kappa shape index (κ3) is 2.07. The summed E-state index contributed by atoms with van der Waals surface area (Å²) in [5.74, 6) is -1.44. The normalized spacial score (nSPS) is 49.5. The van der Waals surface area contributed by atoms with Gasteiger partial charge in [-0.05, 0) is 27.7 Å². The lowest BCUT2D eigenvalue weighted by Gasteiger charge is -2.23. The molecule has 0 bridgehead atoms. The SMILES string of the molecule is CC1(C)O[C@H]2OC[C@@H](O)[C@H]3OC(C)(C)O[C@@H]3[C@H]2O1. The molecular formula is C12H20O6. The summed E-state index contributed by atoms with van der Waals surface area (Å²) in [5.41, 5.74) is 0. The molecule has 3 rings (SSSR count). The molecule has 0 spiro atoms. The fourth-order valence-corrected chi connectivity index (χ4v) is 2.77. The number of hydrogen-bond donors (Lipinski definition) is 1. The van der Waals surface area contributed by atoms with Gasteiger partial charge < -0.3 is 28.8 Å². The number of rotatable bonds is 0. The minimum Gasteiger partial charge on any atom is -0.388 e. The van der Waals surface area contributed by atoms with Crippen LogP contribution in [-0.4, -0.2) is 54.0 Å². The zero-order chi connectivity index (χ0) is 13.1. The standard InChI is InChI=1S/C12H20O6/c1-11(2)15-7-6(13)5-14-10-9(8(7)16-11)17-12(3,4)18-10/h6-10,13H,5H2,1-4H3/t6-,7-,8+,9-,10-/m1/s1. The Labute approximate surface area is 106 Å². The average Bonchev–Trinajstić information content (AvgIpc) is 2.68. The van der Waals surface area contributed by atoms with Crippen LogP contribution in [0, 0.1) is 0 Å². The van der Waals surface area contributed by atoms with E-state index < -0.39 is 30.1 Å². The molecule has 3 saturated heterocycles. The molecule has 0 aromatic carbocycles. The van der Waals surface area contributed by atoms with Gasteiger partial charge in [-0.25, -0.2) is 0 Å². The monoisotopic (exact) mass is 260 g/mol. The van der Waals surface area contributed by atoms with Crippen LogP contribution in [0.2, 0.25) is 0 Å². The Morgan fingerprint density at radius 1 is 0.833 bits per heavy atom. The maximum absolute atomic E-state index is 10.0. The van der Waals surface area contributed by atoms with Crippen LogP contribution < -0.4 is 0 Å². The van der Waals surface area contributed by atoms with Crippen molar-refractivity contribution in [3.05, 3.63) is 0 Å². The van der Waals surface area contributed by atoms with E-state index in [1.165, 1.54) is 0 Å². The second-order valence-electron chi connectivity index (χ2n) is 5.93. The molecule has 3 heterocycles. The second-order valence-corrected chi connectivity index (χ2v) is 5.93. The third-order valence-electron chi connectivity index (χ3n) is 3.39. The molecule has 6 heteroatoms. The van der Waals surface area contributed by atoms with Crippen molar-refractivity contribution in [2.24, 2.45) is 0 Å². The van der Waals surface area contributed by atoms with E-state index in [9.17, 15) is 5.11 Å². The van der Waals surface area contributed by atoms with E-state index in [1.54, 1.807) is 0 Å². The van der Waals surface area contributed by atoms with Crippen LogP contribution in [0.3, 0.4) is 0 Å². The predicted octanol–water partition coefficient (Wildman–Crippen LogP) is 0.375. The molecule has 5 atom stereocenters. The molecule has 0 aromatic heterocycles. The molecule has 3 fully saturated rings. The summed E-state index contributed by atoms with van der Waals surface area (Å²) in [6, 6.07) is 0. The smallest absolute Gasteiger partial charge is 0.189 e. The molecule has 3 aliphatic rings. The summed E-state index contributed by atoms with van der Waals surface area (Å²) in [4.78, 5) is 0. The highest BCUT2D eigenvalue weighted by Crippen LogP contribution is 2.41. The van der Waals surface area contributed by atoms with Gasteiger partial charge in [-0.1, -0.05) is 0 Å². The first-order chi connectivity index (χ1) is 8.27. The first kappa shape index (κ1) is 12.8. The molecule has 6 nitrogen and oxygen atoms in total. The molecule has 1 N–H and O–H groups in total. The maximum atomic E-state index is 10.0. The Balaban J connectivity index is 1.87. The Hall–Kier alpha value is -0.240. The zero-order valence-electron chi connectivity index (χ0n) is 11.1. The lowest BCUT2D eigenvalue weighted by molar-refractivity contribution is -0.204. The van der Waals surface area contributed by atoms with Gasteiger partial charge in [-0.3, -0.25) is 0 Å². The molecule has 0 amide bonds.